The van der Waals surface area contributed by atoms with Gasteiger partial charge in [-0.25, -0.2) is 4.98 Å². The van der Waals surface area contributed by atoms with Crippen LogP contribution in [0.2, 0.25) is 0 Å². The van der Waals surface area contributed by atoms with Crippen molar-refractivity contribution in [2.45, 2.75) is 26.4 Å². The molecule has 0 unspecified atom stereocenters. The van der Waals surface area contributed by atoms with Crippen molar-refractivity contribution >= 4 is 22.9 Å². The lowest BCUT2D eigenvalue weighted by Gasteiger charge is -2.27. The topological polar surface area (TPSA) is 70.9 Å². The van der Waals surface area contributed by atoms with E-state index in [1.54, 1.807) is 0 Å². The maximum Gasteiger partial charge on any atom is 0.229 e. The molecular formula is C19H25N7. The first-order valence-corrected chi connectivity index (χ1v) is 9.20. The molecule has 2 aromatic heterocycles. The number of fused-ring (bicyclic) bond motifs is 1. The second-order valence-corrected chi connectivity index (χ2v) is 6.87. The average Bonchev–Trinajstić information content (AvgIpc) is 3.12. The van der Waals surface area contributed by atoms with Gasteiger partial charge < -0.3 is 20.1 Å². The molecule has 1 saturated heterocycles. The van der Waals surface area contributed by atoms with Crippen LogP contribution >= 0.6 is 0 Å². The third-order valence-corrected chi connectivity index (χ3v) is 4.67. The molecule has 1 aromatic carbocycles. The highest BCUT2D eigenvalue weighted by Crippen LogP contribution is 2.25. The molecule has 1 aliphatic rings. The Balaban J connectivity index is 1.71. The second kappa shape index (κ2) is 7.29. The van der Waals surface area contributed by atoms with Crippen molar-refractivity contribution in [3.63, 3.8) is 0 Å². The summed E-state index contributed by atoms with van der Waals surface area (Å²) >= 11 is 0. The Bertz CT molecular complexity index is 866. The van der Waals surface area contributed by atoms with E-state index < -0.39 is 0 Å². The van der Waals surface area contributed by atoms with Crippen molar-refractivity contribution in [3.8, 4) is 0 Å². The van der Waals surface area contributed by atoms with Crippen LogP contribution in [-0.2, 0) is 6.54 Å². The Labute approximate surface area is 153 Å². The number of hydrogen-bond acceptors (Lipinski definition) is 6. The van der Waals surface area contributed by atoms with Crippen LogP contribution in [0.1, 0.15) is 25.5 Å². The zero-order valence-corrected chi connectivity index (χ0v) is 15.3. The Hall–Kier alpha value is -2.67. The zero-order valence-electron chi connectivity index (χ0n) is 15.3. The van der Waals surface area contributed by atoms with E-state index in [-0.39, 0.29) is 0 Å². The lowest BCUT2D eigenvalue weighted by molar-refractivity contribution is 0.578. The summed E-state index contributed by atoms with van der Waals surface area (Å²) in [6.45, 7) is 8.74. The van der Waals surface area contributed by atoms with Gasteiger partial charge in [0.1, 0.15) is 0 Å². The summed E-state index contributed by atoms with van der Waals surface area (Å²) < 4.78 is 2.11. The standard InChI is InChI=1S/C19H25N7/c1-14(2)26-13-22-16-17(21-12-15-6-4-3-5-7-15)23-19(24-18(16)26)25-10-8-20-9-11-25/h3-7,13-14,20H,8-12H2,1-2H3,(H,21,23,24). The molecule has 0 aliphatic carbocycles. The molecule has 0 spiro atoms. The first-order chi connectivity index (χ1) is 12.7. The van der Waals surface area contributed by atoms with Gasteiger partial charge in [0.25, 0.3) is 0 Å². The molecule has 0 atom stereocenters. The van der Waals surface area contributed by atoms with Crippen LogP contribution in [0.25, 0.3) is 11.2 Å². The summed E-state index contributed by atoms with van der Waals surface area (Å²) in [4.78, 5) is 16.5. The number of hydrogen-bond donors (Lipinski definition) is 2. The Morgan fingerprint density at radius 2 is 1.88 bits per heavy atom. The fourth-order valence-corrected chi connectivity index (χ4v) is 3.19. The number of nitrogens with zero attached hydrogens (tertiary/aromatic N) is 5. The molecule has 3 heterocycles. The van der Waals surface area contributed by atoms with Crippen LogP contribution in [0.4, 0.5) is 11.8 Å². The maximum atomic E-state index is 4.84. The van der Waals surface area contributed by atoms with Crippen molar-refractivity contribution in [1.82, 2.24) is 24.8 Å². The predicted octanol–water partition coefficient (Wildman–Crippen LogP) is 2.43. The average molecular weight is 351 g/mol. The summed E-state index contributed by atoms with van der Waals surface area (Å²) in [5, 5.41) is 6.84. The van der Waals surface area contributed by atoms with Crippen molar-refractivity contribution in [2.75, 3.05) is 36.4 Å². The van der Waals surface area contributed by atoms with E-state index in [2.05, 4.69) is 51.1 Å². The fraction of sp³-hybridized carbons (Fsp3) is 0.421. The van der Waals surface area contributed by atoms with Crippen LogP contribution in [0.5, 0.6) is 0 Å². The minimum atomic E-state index is 0.299. The van der Waals surface area contributed by atoms with Crippen LogP contribution in [-0.4, -0.2) is 45.7 Å². The first kappa shape index (κ1) is 16.8. The van der Waals surface area contributed by atoms with Gasteiger partial charge in [0.05, 0.1) is 6.33 Å². The molecule has 1 fully saturated rings. The molecule has 3 aromatic rings. The monoisotopic (exact) mass is 351 g/mol. The third-order valence-electron chi connectivity index (χ3n) is 4.67. The second-order valence-electron chi connectivity index (χ2n) is 6.87. The van der Waals surface area contributed by atoms with Gasteiger partial charge in [-0.05, 0) is 19.4 Å². The summed E-state index contributed by atoms with van der Waals surface area (Å²) in [7, 11) is 0. The van der Waals surface area contributed by atoms with E-state index in [4.69, 9.17) is 9.97 Å². The molecule has 0 saturated carbocycles. The minimum Gasteiger partial charge on any atom is -0.364 e. The largest absolute Gasteiger partial charge is 0.364 e. The molecular weight excluding hydrogens is 326 g/mol. The zero-order chi connectivity index (χ0) is 17.9. The lowest BCUT2D eigenvalue weighted by Crippen LogP contribution is -2.44. The van der Waals surface area contributed by atoms with Gasteiger partial charge in [0, 0.05) is 38.8 Å². The Morgan fingerprint density at radius 3 is 2.62 bits per heavy atom. The molecule has 0 bridgehead atoms. The van der Waals surface area contributed by atoms with Crippen molar-refractivity contribution in [1.29, 1.82) is 0 Å². The van der Waals surface area contributed by atoms with E-state index in [0.717, 1.165) is 49.1 Å². The fourth-order valence-electron chi connectivity index (χ4n) is 3.19. The van der Waals surface area contributed by atoms with E-state index in [1.165, 1.54) is 5.56 Å². The van der Waals surface area contributed by atoms with Gasteiger partial charge in [-0.2, -0.15) is 9.97 Å². The van der Waals surface area contributed by atoms with Crippen LogP contribution in [0.3, 0.4) is 0 Å². The molecule has 136 valence electrons. The van der Waals surface area contributed by atoms with Crippen LogP contribution in [0.15, 0.2) is 36.7 Å². The summed E-state index contributed by atoms with van der Waals surface area (Å²) in [6, 6.07) is 10.6. The van der Waals surface area contributed by atoms with E-state index in [9.17, 15) is 0 Å². The third kappa shape index (κ3) is 3.35. The predicted molar refractivity (Wildman–Crippen MR) is 105 cm³/mol. The highest BCUT2D eigenvalue weighted by Gasteiger charge is 2.19. The molecule has 4 rings (SSSR count). The molecule has 26 heavy (non-hydrogen) atoms. The molecule has 2 N–H and O–H groups in total. The van der Waals surface area contributed by atoms with Crippen molar-refractivity contribution < 1.29 is 0 Å². The number of benzene rings is 1. The number of piperazine rings is 1. The molecule has 7 heteroatoms. The number of imidazole rings is 1. The Kier molecular flexibility index (Phi) is 4.71. The van der Waals surface area contributed by atoms with Crippen molar-refractivity contribution in [2.24, 2.45) is 0 Å². The van der Waals surface area contributed by atoms with Gasteiger partial charge in [-0.3, -0.25) is 0 Å². The van der Waals surface area contributed by atoms with Gasteiger partial charge in [-0.15, -0.1) is 0 Å². The van der Waals surface area contributed by atoms with Gasteiger partial charge in [-0.1, -0.05) is 30.3 Å². The molecule has 0 amide bonds. The van der Waals surface area contributed by atoms with Crippen LogP contribution < -0.4 is 15.5 Å². The minimum absolute atomic E-state index is 0.299. The molecule has 0 radical (unpaired) electrons. The van der Waals surface area contributed by atoms with Crippen molar-refractivity contribution in [3.05, 3.63) is 42.2 Å². The smallest absolute Gasteiger partial charge is 0.229 e. The SMILES string of the molecule is CC(C)n1cnc2c(NCc3ccccc3)nc(N3CCNCC3)nc21. The summed E-state index contributed by atoms with van der Waals surface area (Å²) in [5.41, 5.74) is 2.93. The highest BCUT2D eigenvalue weighted by molar-refractivity contribution is 5.84. The highest BCUT2D eigenvalue weighted by atomic mass is 15.3. The van der Waals surface area contributed by atoms with E-state index in [0.29, 0.717) is 12.6 Å². The van der Waals surface area contributed by atoms with Gasteiger partial charge in [0.15, 0.2) is 17.0 Å². The summed E-state index contributed by atoms with van der Waals surface area (Å²) in [6.07, 6.45) is 1.86. The number of nitrogens with one attached hydrogen (secondary N) is 2. The normalized spacial score (nSPS) is 15.0. The molecule has 1 aliphatic heterocycles. The van der Waals surface area contributed by atoms with Gasteiger partial charge in [0.2, 0.25) is 5.95 Å². The first-order valence-electron chi connectivity index (χ1n) is 9.20. The van der Waals surface area contributed by atoms with E-state index in [1.807, 2.05) is 24.5 Å². The van der Waals surface area contributed by atoms with Gasteiger partial charge >= 0.3 is 0 Å². The lowest BCUT2D eigenvalue weighted by atomic mass is 10.2. The maximum absolute atomic E-state index is 4.84. The quantitative estimate of drug-likeness (QED) is 0.736. The Morgan fingerprint density at radius 1 is 1.12 bits per heavy atom. The van der Waals surface area contributed by atoms with Crippen LogP contribution in [0, 0.1) is 0 Å². The number of anilines is 2. The van der Waals surface area contributed by atoms with E-state index >= 15 is 0 Å². The summed E-state index contributed by atoms with van der Waals surface area (Å²) in [5.74, 6) is 1.57. The number of aromatic nitrogens is 4. The number of rotatable bonds is 5. The molecule has 7 nitrogen and oxygen atoms in total.